The van der Waals surface area contributed by atoms with Crippen molar-refractivity contribution in [3.05, 3.63) is 101 Å². The highest BCUT2D eigenvalue weighted by Gasteiger charge is 2.66. The number of fused-ring (bicyclic) bond motifs is 3. The van der Waals surface area contributed by atoms with Crippen LogP contribution in [0.25, 0.3) is 0 Å². The van der Waals surface area contributed by atoms with E-state index in [1.807, 2.05) is 54.4 Å². The molecule has 0 bridgehead atoms. The second kappa shape index (κ2) is 14.6. The fourth-order valence-corrected chi connectivity index (χ4v) is 7.13. The van der Waals surface area contributed by atoms with Gasteiger partial charge in [0.1, 0.15) is 43.1 Å². The molecule has 15 heteroatoms. The van der Waals surface area contributed by atoms with E-state index in [1.165, 1.54) is 18.2 Å². The molecule has 4 aliphatic heterocycles. The minimum absolute atomic E-state index is 0.0369. The lowest BCUT2D eigenvalue weighted by Crippen LogP contribution is -2.61. The third-order valence-electron chi connectivity index (χ3n) is 9.55. The van der Waals surface area contributed by atoms with Crippen LogP contribution in [0, 0.1) is 23.0 Å². The van der Waals surface area contributed by atoms with Gasteiger partial charge in [-0.05, 0) is 57.5 Å². The summed E-state index contributed by atoms with van der Waals surface area (Å²) in [6.45, 7) is 7.93. The first-order valence-electron chi connectivity index (χ1n) is 18.1. The standard InChI is InChI=1S/C41H40F2N4O9/c1-39(2)53-30-22-50-41(35(33(30)54-39)55-40(3,4)56-41)23-49-34-31(42)37(51-27-13-9-12-26(19-27)36-45-16-17-47(36)5)46-38(32(34)43)52-29-18-25(20-44)14-15-28(29)48-21-24-10-7-6-8-11-24/h6-15,18-19,30,33,35H,16-17,21-23H2,1-5H3. The Morgan fingerprint density at radius 1 is 0.875 bits per heavy atom. The predicted molar refractivity (Wildman–Crippen MR) is 195 cm³/mol. The lowest BCUT2D eigenvalue weighted by molar-refractivity contribution is -0.291. The smallest absolute Gasteiger partial charge is 0.263 e. The monoisotopic (exact) mass is 770 g/mol. The number of pyridine rings is 1. The zero-order valence-electron chi connectivity index (χ0n) is 31.4. The number of aliphatic imine (C=N–C) groups is 1. The molecule has 0 N–H and O–H groups in total. The van der Waals surface area contributed by atoms with Crippen molar-refractivity contribution in [1.29, 1.82) is 5.26 Å². The maximum atomic E-state index is 16.7. The molecule has 56 heavy (non-hydrogen) atoms. The molecular formula is C41H40F2N4O9. The fraction of sp³-hybridized carbons (Fsp3) is 0.390. The van der Waals surface area contributed by atoms with Gasteiger partial charge in [-0.1, -0.05) is 42.5 Å². The average molecular weight is 771 g/mol. The molecular weight excluding hydrogens is 730 g/mol. The summed E-state index contributed by atoms with van der Waals surface area (Å²) >= 11 is 0. The molecule has 13 nitrogen and oxygen atoms in total. The van der Waals surface area contributed by atoms with Gasteiger partial charge in [0, 0.05) is 25.2 Å². The summed E-state index contributed by atoms with van der Waals surface area (Å²) in [5, 5.41) is 9.69. The van der Waals surface area contributed by atoms with Gasteiger partial charge in [-0.25, -0.2) is 0 Å². The van der Waals surface area contributed by atoms with Gasteiger partial charge in [-0.15, -0.1) is 0 Å². The summed E-state index contributed by atoms with van der Waals surface area (Å²) in [6, 6.07) is 22.6. The summed E-state index contributed by atoms with van der Waals surface area (Å²) in [7, 11) is 1.92. The van der Waals surface area contributed by atoms with Gasteiger partial charge in [0.2, 0.25) is 23.2 Å². The van der Waals surface area contributed by atoms with E-state index in [4.69, 9.17) is 42.6 Å². The molecule has 4 unspecified atom stereocenters. The number of hydrogen-bond acceptors (Lipinski definition) is 13. The number of amidine groups is 1. The van der Waals surface area contributed by atoms with Crippen LogP contribution in [0.5, 0.6) is 34.8 Å². The Bertz CT molecular complexity index is 2200. The second-order valence-electron chi connectivity index (χ2n) is 14.7. The molecule has 4 aliphatic rings. The van der Waals surface area contributed by atoms with E-state index in [2.05, 4.69) is 9.98 Å². The van der Waals surface area contributed by atoms with Crippen molar-refractivity contribution in [1.82, 2.24) is 9.88 Å². The summed E-state index contributed by atoms with van der Waals surface area (Å²) in [4.78, 5) is 10.7. The molecule has 0 amide bonds. The van der Waals surface area contributed by atoms with E-state index < -0.39 is 71.4 Å². The van der Waals surface area contributed by atoms with E-state index in [0.717, 1.165) is 23.5 Å². The number of likely N-dealkylation sites (N-methyl/N-ethyl adjacent to an activating group) is 1. The van der Waals surface area contributed by atoms with Crippen LogP contribution < -0.4 is 18.9 Å². The van der Waals surface area contributed by atoms with Crippen LogP contribution in [0.2, 0.25) is 0 Å². The highest BCUT2D eigenvalue weighted by Crippen LogP contribution is 2.48. The molecule has 3 saturated heterocycles. The summed E-state index contributed by atoms with van der Waals surface area (Å²) in [6.07, 6.45) is -2.01. The van der Waals surface area contributed by atoms with Gasteiger partial charge in [-0.3, -0.25) is 4.99 Å². The molecule has 1 aromatic heterocycles. The molecule has 4 atom stereocenters. The Hall–Kier alpha value is -5.37. The third kappa shape index (κ3) is 7.46. The Morgan fingerprint density at radius 2 is 1.66 bits per heavy atom. The molecule has 8 rings (SSSR count). The molecule has 0 aliphatic carbocycles. The van der Waals surface area contributed by atoms with Gasteiger partial charge in [0.15, 0.2) is 23.1 Å². The first-order valence-corrected chi connectivity index (χ1v) is 18.1. The van der Waals surface area contributed by atoms with E-state index in [1.54, 1.807) is 45.9 Å². The fourth-order valence-electron chi connectivity index (χ4n) is 7.13. The van der Waals surface area contributed by atoms with Gasteiger partial charge in [0.05, 0.1) is 24.8 Å². The van der Waals surface area contributed by atoms with Crippen LogP contribution in [0.1, 0.15) is 44.4 Å². The molecule has 3 fully saturated rings. The topological polar surface area (TPSA) is 135 Å². The van der Waals surface area contributed by atoms with Gasteiger partial charge in [-0.2, -0.15) is 19.0 Å². The van der Waals surface area contributed by atoms with Crippen LogP contribution in [0.15, 0.2) is 77.8 Å². The summed E-state index contributed by atoms with van der Waals surface area (Å²) in [5.41, 5.74) is 1.77. The Morgan fingerprint density at radius 3 is 2.41 bits per heavy atom. The highest BCUT2D eigenvalue weighted by atomic mass is 19.1. The highest BCUT2D eigenvalue weighted by molar-refractivity contribution is 5.99. The number of ether oxygens (including phenoxy) is 9. The molecule has 3 aromatic carbocycles. The SMILES string of the molecule is CN1CCN=C1c1cccc(Oc2nc(Oc3cc(C#N)ccc3OCc3ccccc3)c(F)c(OCC34OCC5OC(C)(C)OC5C3OC(C)(C)O4)c2F)c1. The molecule has 0 spiro atoms. The number of halogens is 2. The van der Waals surface area contributed by atoms with E-state index in [0.29, 0.717) is 6.54 Å². The molecule has 292 valence electrons. The first-order chi connectivity index (χ1) is 26.8. The number of aromatic nitrogens is 1. The second-order valence-corrected chi connectivity index (χ2v) is 14.7. The largest absolute Gasteiger partial charge is 0.485 e. The normalized spacial score (nSPS) is 24.5. The van der Waals surface area contributed by atoms with Crippen LogP contribution in [0.3, 0.4) is 0 Å². The average Bonchev–Trinajstić information content (AvgIpc) is 3.84. The van der Waals surface area contributed by atoms with Gasteiger partial charge in [0.25, 0.3) is 11.8 Å². The van der Waals surface area contributed by atoms with E-state index >= 15 is 8.78 Å². The number of rotatable bonds is 11. The molecule has 0 saturated carbocycles. The minimum atomic E-state index is -1.65. The van der Waals surface area contributed by atoms with Crippen molar-refractivity contribution in [3.63, 3.8) is 0 Å². The Labute approximate surface area is 322 Å². The van der Waals surface area contributed by atoms with Crippen molar-refractivity contribution in [2.45, 2.75) is 70.0 Å². The van der Waals surface area contributed by atoms with Crippen LogP contribution >= 0.6 is 0 Å². The first kappa shape index (κ1) is 37.5. The van der Waals surface area contributed by atoms with Gasteiger partial charge >= 0.3 is 0 Å². The maximum Gasteiger partial charge on any atom is 0.263 e. The van der Waals surface area contributed by atoms with E-state index in [-0.39, 0.29) is 36.0 Å². The third-order valence-corrected chi connectivity index (χ3v) is 9.55. The van der Waals surface area contributed by atoms with Crippen molar-refractivity contribution >= 4 is 5.84 Å². The van der Waals surface area contributed by atoms with Crippen molar-refractivity contribution in [3.8, 4) is 40.8 Å². The number of hydrogen-bond donors (Lipinski definition) is 0. The number of benzene rings is 3. The lowest BCUT2D eigenvalue weighted by atomic mass is 9.97. The molecule has 5 heterocycles. The van der Waals surface area contributed by atoms with E-state index in [9.17, 15) is 5.26 Å². The summed E-state index contributed by atoms with van der Waals surface area (Å²) < 4.78 is 88.2. The Balaban J connectivity index is 1.15. The van der Waals surface area contributed by atoms with Crippen LogP contribution in [-0.2, 0) is 30.3 Å². The van der Waals surface area contributed by atoms with Crippen LogP contribution in [-0.4, -0.2) is 84.7 Å². The number of nitriles is 1. The predicted octanol–water partition coefficient (Wildman–Crippen LogP) is 6.86. The van der Waals surface area contributed by atoms with Crippen molar-refractivity contribution in [2.75, 3.05) is 33.4 Å². The molecule has 0 radical (unpaired) electrons. The number of nitrogens with zero attached hydrogens (tertiary/aromatic N) is 4. The van der Waals surface area contributed by atoms with Crippen molar-refractivity contribution in [2.24, 2.45) is 4.99 Å². The quantitative estimate of drug-likeness (QED) is 0.158. The minimum Gasteiger partial charge on any atom is -0.485 e. The molecule has 4 aromatic rings. The zero-order chi connectivity index (χ0) is 39.2. The zero-order valence-corrected chi connectivity index (χ0v) is 31.4. The van der Waals surface area contributed by atoms with Crippen LogP contribution in [0.4, 0.5) is 8.78 Å². The lowest BCUT2D eigenvalue weighted by Gasteiger charge is -2.40. The summed E-state index contributed by atoms with van der Waals surface area (Å²) in [5.74, 6) is -7.55. The Kier molecular flexibility index (Phi) is 9.80. The maximum absolute atomic E-state index is 16.7. The van der Waals surface area contributed by atoms with Gasteiger partial charge < -0.3 is 47.5 Å². The van der Waals surface area contributed by atoms with Crippen molar-refractivity contribution < 1.29 is 51.4 Å².